The van der Waals surface area contributed by atoms with Crippen molar-refractivity contribution >= 4 is 43.4 Å². The van der Waals surface area contributed by atoms with Crippen LogP contribution in [0.3, 0.4) is 0 Å². The molecule has 0 unspecified atom stereocenters. The van der Waals surface area contributed by atoms with Crippen molar-refractivity contribution in [1.29, 1.82) is 0 Å². The van der Waals surface area contributed by atoms with Crippen LogP contribution in [0.2, 0.25) is 0 Å². The predicted molar refractivity (Wildman–Crippen MR) is 180 cm³/mol. The summed E-state index contributed by atoms with van der Waals surface area (Å²) in [6, 6.07) is 50.6. The Morgan fingerprint density at radius 2 is 1.02 bits per heavy atom. The van der Waals surface area contributed by atoms with Gasteiger partial charge in [-0.1, -0.05) is 123 Å². The highest BCUT2D eigenvalue weighted by atomic mass is 16.5. The summed E-state index contributed by atoms with van der Waals surface area (Å²) < 4.78 is 8.79. The first-order valence-corrected chi connectivity index (χ1v) is 14.9. The predicted octanol–water partition coefficient (Wildman–Crippen LogP) is 11.2. The topological polar surface area (TPSA) is 14.2 Å². The van der Waals surface area contributed by atoms with Crippen LogP contribution >= 0.6 is 0 Å². The maximum absolute atomic E-state index is 6.32. The van der Waals surface area contributed by atoms with Gasteiger partial charge in [-0.15, -0.1) is 0 Å². The van der Waals surface area contributed by atoms with Crippen molar-refractivity contribution in [2.45, 2.75) is 19.3 Å². The molecule has 2 heteroatoms. The molecular formula is C41H29NO. The molecule has 0 N–H and O–H groups in total. The summed E-state index contributed by atoms with van der Waals surface area (Å²) in [5.74, 6) is 1.89. The zero-order chi connectivity index (χ0) is 28.7. The molecule has 0 amide bonds. The van der Waals surface area contributed by atoms with Gasteiger partial charge in [0, 0.05) is 43.8 Å². The van der Waals surface area contributed by atoms with E-state index in [0.717, 1.165) is 17.2 Å². The van der Waals surface area contributed by atoms with Gasteiger partial charge in [-0.25, -0.2) is 0 Å². The van der Waals surface area contributed by atoms with E-state index in [-0.39, 0.29) is 5.41 Å². The number of benzene rings is 7. The molecular weight excluding hydrogens is 522 g/mol. The van der Waals surface area contributed by atoms with E-state index in [1.54, 1.807) is 0 Å². The number of hydrogen-bond acceptors (Lipinski definition) is 1. The largest absolute Gasteiger partial charge is 0.457 e. The molecule has 0 saturated carbocycles. The summed E-state index contributed by atoms with van der Waals surface area (Å²) in [5.41, 5.74) is 8.34. The zero-order valence-corrected chi connectivity index (χ0v) is 24.1. The standard InChI is InChI=1S/C41H29NO/c1-41(2)35-13-7-8-14-37(35)43-38-24-19-29(25-36(38)41)26-15-20-30(21-16-26)42-39-31-11-5-3-9-27(31)17-22-33(39)34-23-18-28-10-4-6-12-32(28)40(34)42/h3-25H,1-2H3. The molecule has 1 aliphatic heterocycles. The Labute approximate surface area is 250 Å². The van der Waals surface area contributed by atoms with E-state index in [0.29, 0.717) is 0 Å². The van der Waals surface area contributed by atoms with Crippen LogP contribution < -0.4 is 4.74 Å². The molecule has 9 rings (SSSR count). The smallest absolute Gasteiger partial charge is 0.131 e. The van der Waals surface area contributed by atoms with E-state index in [1.165, 1.54) is 65.6 Å². The molecule has 7 aromatic carbocycles. The summed E-state index contributed by atoms with van der Waals surface area (Å²) in [4.78, 5) is 0. The average Bonchev–Trinajstić information content (AvgIpc) is 3.40. The molecule has 0 fully saturated rings. The Balaban J connectivity index is 1.24. The van der Waals surface area contributed by atoms with Crippen molar-refractivity contribution < 1.29 is 4.74 Å². The van der Waals surface area contributed by atoms with Crippen molar-refractivity contribution in [3.05, 3.63) is 151 Å². The molecule has 204 valence electrons. The second kappa shape index (κ2) is 8.83. The number of fused-ring (bicyclic) bond motifs is 9. The summed E-state index contributed by atoms with van der Waals surface area (Å²) in [6.45, 7) is 4.58. The van der Waals surface area contributed by atoms with Gasteiger partial charge in [-0.05, 0) is 52.2 Å². The van der Waals surface area contributed by atoms with Crippen LogP contribution in [-0.4, -0.2) is 4.57 Å². The van der Waals surface area contributed by atoms with E-state index < -0.39 is 0 Å². The average molecular weight is 552 g/mol. The number of nitrogens with zero attached hydrogens (tertiary/aromatic N) is 1. The van der Waals surface area contributed by atoms with Gasteiger partial charge in [-0.2, -0.15) is 0 Å². The molecule has 43 heavy (non-hydrogen) atoms. The Bertz CT molecular complexity index is 2300. The van der Waals surface area contributed by atoms with Crippen molar-refractivity contribution in [2.75, 3.05) is 0 Å². The lowest BCUT2D eigenvalue weighted by Gasteiger charge is -2.34. The first kappa shape index (κ1) is 24.3. The monoisotopic (exact) mass is 551 g/mol. The Morgan fingerprint density at radius 1 is 0.465 bits per heavy atom. The third-order valence-corrected chi connectivity index (χ3v) is 9.43. The van der Waals surface area contributed by atoms with Gasteiger partial charge in [0.1, 0.15) is 11.5 Å². The van der Waals surface area contributed by atoms with Crippen molar-refractivity contribution in [1.82, 2.24) is 4.57 Å². The first-order chi connectivity index (χ1) is 21.1. The molecule has 0 radical (unpaired) electrons. The lowest BCUT2D eigenvalue weighted by molar-refractivity contribution is 0.418. The van der Waals surface area contributed by atoms with E-state index in [4.69, 9.17) is 4.74 Å². The molecule has 0 atom stereocenters. The highest BCUT2D eigenvalue weighted by molar-refractivity contribution is 6.23. The number of rotatable bonds is 2. The Kier molecular flexibility index (Phi) is 4.99. The lowest BCUT2D eigenvalue weighted by atomic mass is 9.75. The van der Waals surface area contributed by atoms with Crippen LogP contribution in [-0.2, 0) is 5.41 Å². The first-order valence-electron chi connectivity index (χ1n) is 14.9. The minimum Gasteiger partial charge on any atom is -0.457 e. The molecule has 1 aromatic heterocycles. The number of para-hydroxylation sites is 1. The Hall–Kier alpha value is -5.34. The number of ether oxygens (including phenoxy) is 1. The molecule has 0 bridgehead atoms. The summed E-state index contributed by atoms with van der Waals surface area (Å²) in [6.07, 6.45) is 0. The Morgan fingerprint density at radius 3 is 1.70 bits per heavy atom. The summed E-state index contributed by atoms with van der Waals surface area (Å²) >= 11 is 0. The van der Waals surface area contributed by atoms with E-state index in [1.807, 2.05) is 6.07 Å². The fourth-order valence-corrected chi connectivity index (χ4v) is 7.22. The fourth-order valence-electron chi connectivity index (χ4n) is 7.22. The summed E-state index contributed by atoms with van der Waals surface area (Å²) in [7, 11) is 0. The third kappa shape index (κ3) is 3.47. The molecule has 0 spiro atoms. The number of hydrogen-bond donors (Lipinski definition) is 0. The van der Waals surface area contributed by atoms with E-state index in [2.05, 4.69) is 152 Å². The van der Waals surface area contributed by atoms with Gasteiger partial charge in [0.05, 0.1) is 11.0 Å². The van der Waals surface area contributed by atoms with E-state index in [9.17, 15) is 0 Å². The normalized spacial score (nSPS) is 13.7. The molecule has 2 heterocycles. The SMILES string of the molecule is CC1(C)c2ccccc2Oc2ccc(-c3ccc(-n4c5c6ccccc6ccc5c5ccc6ccccc6c54)cc3)cc21. The molecule has 2 nitrogen and oxygen atoms in total. The van der Waals surface area contributed by atoms with Gasteiger partial charge in [0.25, 0.3) is 0 Å². The second-order valence-corrected chi connectivity index (χ2v) is 12.2. The van der Waals surface area contributed by atoms with Crippen LogP contribution in [0.25, 0.3) is 60.2 Å². The van der Waals surface area contributed by atoms with Crippen LogP contribution in [0.1, 0.15) is 25.0 Å². The van der Waals surface area contributed by atoms with Crippen LogP contribution in [0.15, 0.2) is 140 Å². The maximum atomic E-state index is 6.32. The molecule has 8 aromatic rings. The highest BCUT2D eigenvalue weighted by Crippen LogP contribution is 2.49. The highest BCUT2D eigenvalue weighted by Gasteiger charge is 2.34. The second-order valence-electron chi connectivity index (χ2n) is 12.2. The third-order valence-electron chi connectivity index (χ3n) is 9.43. The quantitative estimate of drug-likeness (QED) is 0.208. The van der Waals surface area contributed by atoms with E-state index >= 15 is 0 Å². The molecule has 0 aliphatic carbocycles. The van der Waals surface area contributed by atoms with Crippen molar-refractivity contribution in [3.8, 4) is 28.3 Å². The maximum Gasteiger partial charge on any atom is 0.131 e. The summed E-state index contributed by atoms with van der Waals surface area (Å²) in [5, 5.41) is 7.59. The fraction of sp³-hybridized carbons (Fsp3) is 0.0732. The minimum atomic E-state index is -0.148. The van der Waals surface area contributed by atoms with Crippen molar-refractivity contribution in [3.63, 3.8) is 0 Å². The van der Waals surface area contributed by atoms with Gasteiger partial charge in [-0.3, -0.25) is 0 Å². The van der Waals surface area contributed by atoms with Gasteiger partial charge in [0.15, 0.2) is 0 Å². The van der Waals surface area contributed by atoms with Gasteiger partial charge < -0.3 is 9.30 Å². The zero-order valence-electron chi connectivity index (χ0n) is 24.1. The van der Waals surface area contributed by atoms with Gasteiger partial charge >= 0.3 is 0 Å². The van der Waals surface area contributed by atoms with Crippen LogP contribution in [0, 0.1) is 0 Å². The van der Waals surface area contributed by atoms with Crippen molar-refractivity contribution in [2.24, 2.45) is 0 Å². The van der Waals surface area contributed by atoms with Crippen LogP contribution in [0.5, 0.6) is 11.5 Å². The minimum absolute atomic E-state index is 0.148. The van der Waals surface area contributed by atoms with Crippen LogP contribution in [0.4, 0.5) is 0 Å². The lowest BCUT2D eigenvalue weighted by Crippen LogP contribution is -2.24. The molecule has 1 aliphatic rings. The molecule has 0 saturated heterocycles. The van der Waals surface area contributed by atoms with Gasteiger partial charge in [0.2, 0.25) is 0 Å². The number of aromatic nitrogens is 1.